The summed E-state index contributed by atoms with van der Waals surface area (Å²) in [5, 5.41) is 0.0202. The molecule has 0 N–H and O–H groups in total. The molecule has 2 aliphatic rings. The number of likely N-dealkylation sites (N-methyl/N-ethyl adjacent to an activating group) is 1. The van der Waals surface area contributed by atoms with Crippen LogP contribution in [0.2, 0.25) is 0 Å². The predicted molar refractivity (Wildman–Crippen MR) is 111 cm³/mol. The minimum Gasteiger partial charge on any atom is -0.340 e. The van der Waals surface area contributed by atoms with Crippen molar-refractivity contribution >= 4 is 23.6 Å². The lowest BCUT2D eigenvalue weighted by Crippen LogP contribution is -2.47. The lowest BCUT2D eigenvalue weighted by atomic mass is 9.86. The number of amides is 2. The Bertz CT molecular complexity index is 676. The Morgan fingerprint density at radius 3 is 2.33 bits per heavy atom. The van der Waals surface area contributed by atoms with Crippen molar-refractivity contribution < 1.29 is 9.59 Å². The maximum absolute atomic E-state index is 12.5. The number of carbonyl (C=O) groups excluding carboxylic acids is 2. The third-order valence-corrected chi connectivity index (χ3v) is 6.71. The number of hydrogen-bond donors (Lipinski definition) is 0. The highest BCUT2D eigenvalue weighted by atomic mass is 32.2. The van der Waals surface area contributed by atoms with Gasteiger partial charge in [0.1, 0.15) is 5.37 Å². The number of carbonyl (C=O) groups is 2. The molecule has 2 heterocycles. The number of nitrogens with zero attached hydrogens (tertiary/aromatic N) is 3. The van der Waals surface area contributed by atoms with Crippen molar-refractivity contribution in [3.63, 3.8) is 0 Å². The van der Waals surface area contributed by atoms with Crippen LogP contribution in [0.3, 0.4) is 0 Å². The van der Waals surface area contributed by atoms with Gasteiger partial charge in [-0.1, -0.05) is 45.0 Å². The van der Waals surface area contributed by atoms with Crippen molar-refractivity contribution in [3.8, 4) is 0 Å². The van der Waals surface area contributed by atoms with Gasteiger partial charge >= 0.3 is 0 Å². The molecule has 1 atom stereocenters. The molecular weight excluding hydrogens is 358 g/mol. The van der Waals surface area contributed by atoms with Crippen LogP contribution in [-0.4, -0.2) is 72.0 Å². The van der Waals surface area contributed by atoms with Crippen molar-refractivity contribution in [3.05, 3.63) is 35.4 Å². The number of hydrogen-bond acceptors (Lipinski definition) is 4. The molecule has 3 rings (SSSR count). The quantitative estimate of drug-likeness (QED) is 0.794. The van der Waals surface area contributed by atoms with Gasteiger partial charge in [-0.05, 0) is 23.6 Å². The van der Waals surface area contributed by atoms with Crippen LogP contribution < -0.4 is 0 Å². The zero-order valence-corrected chi connectivity index (χ0v) is 17.7. The van der Waals surface area contributed by atoms with E-state index in [2.05, 4.69) is 57.0 Å². The van der Waals surface area contributed by atoms with Crippen molar-refractivity contribution in [2.24, 2.45) is 0 Å². The molecule has 6 heteroatoms. The van der Waals surface area contributed by atoms with Crippen LogP contribution in [0, 0.1) is 0 Å². The van der Waals surface area contributed by atoms with E-state index in [4.69, 9.17) is 0 Å². The third-order valence-electron chi connectivity index (χ3n) is 5.45. The van der Waals surface area contributed by atoms with Gasteiger partial charge in [-0.2, -0.15) is 0 Å². The van der Waals surface area contributed by atoms with Crippen molar-refractivity contribution in [2.75, 3.05) is 45.5 Å². The Morgan fingerprint density at radius 2 is 1.74 bits per heavy atom. The average molecular weight is 390 g/mol. The number of piperazine rings is 1. The van der Waals surface area contributed by atoms with Crippen LogP contribution in [0.1, 0.15) is 43.7 Å². The minimum absolute atomic E-state index is 0.0202. The first-order chi connectivity index (χ1) is 12.8. The van der Waals surface area contributed by atoms with Gasteiger partial charge in [0.15, 0.2) is 0 Å². The summed E-state index contributed by atoms with van der Waals surface area (Å²) < 4.78 is 0. The summed E-state index contributed by atoms with van der Waals surface area (Å²) in [6.07, 6.45) is 0.409. The highest BCUT2D eigenvalue weighted by Crippen LogP contribution is 2.39. The van der Waals surface area contributed by atoms with E-state index >= 15 is 0 Å². The van der Waals surface area contributed by atoms with Crippen LogP contribution in [0.25, 0.3) is 0 Å². The molecule has 0 aliphatic carbocycles. The molecule has 5 nitrogen and oxygen atoms in total. The van der Waals surface area contributed by atoms with Crippen LogP contribution in [0.5, 0.6) is 0 Å². The summed E-state index contributed by atoms with van der Waals surface area (Å²) >= 11 is 1.66. The molecule has 148 valence electrons. The summed E-state index contributed by atoms with van der Waals surface area (Å²) in [6, 6.07) is 8.58. The minimum atomic E-state index is 0.0202. The lowest BCUT2D eigenvalue weighted by Gasteiger charge is -2.33. The summed E-state index contributed by atoms with van der Waals surface area (Å²) in [6.45, 7) is 10.5. The van der Waals surface area contributed by atoms with Crippen LogP contribution in [0.4, 0.5) is 0 Å². The number of thioether (sulfide) groups is 1. The van der Waals surface area contributed by atoms with E-state index in [1.165, 1.54) is 5.56 Å². The van der Waals surface area contributed by atoms with Crippen molar-refractivity contribution in [1.82, 2.24) is 14.7 Å². The van der Waals surface area contributed by atoms with Gasteiger partial charge in [-0.3, -0.25) is 9.59 Å². The zero-order valence-electron chi connectivity index (χ0n) is 16.9. The Kier molecular flexibility index (Phi) is 6.16. The summed E-state index contributed by atoms with van der Waals surface area (Å²) in [5.41, 5.74) is 2.55. The maximum Gasteiger partial charge on any atom is 0.233 e. The SMILES string of the molecule is CN1CCN(C(=O)CCN2C(=O)CSC2c2ccc(C(C)(C)C)cc2)CC1. The molecule has 2 saturated heterocycles. The second-order valence-corrected chi connectivity index (χ2v) is 9.63. The molecule has 27 heavy (non-hydrogen) atoms. The van der Waals surface area contributed by atoms with Gasteiger partial charge in [0.05, 0.1) is 5.75 Å². The summed E-state index contributed by atoms with van der Waals surface area (Å²) in [5.74, 6) is 0.791. The molecule has 0 bridgehead atoms. The zero-order chi connectivity index (χ0) is 19.6. The average Bonchev–Trinajstić information content (AvgIpc) is 3.00. The van der Waals surface area contributed by atoms with E-state index in [1.807, 2.05) is 9.80 Å². The molecule has 2 fully saturated rings. The molecule has 1 aromatic rings. The van der Waals surface area contributed by atoms with Gasteiger partial charge in [0, 0.05) is 39.1 Å². The first-order valence-corrected chi connectivity index (χ1v) is 10.8. The van der Waals surface area contributed by atoms with E-state index in [1.54, 1.807) is 11.8 Å². The molecule has 2 amide bonds. The molecule has 2 aliphatic heterocycles. The Balaban J connectivity index is 1.62. The highest BCUT2D eigenvalue weighted by molar-refractivity contribution is 8.00. The summed E-state index contributed by atoms with van der Waals surface area (Å²) in [4.78, 5) is 31.0. The lowest BCUT2D eigenvalue weighted by molar-refractivity contribution is -0.134. The second kappa shape index (κ2) is 8.23. The second-order valence-electron chi connectivity index (χ2n) is 8.56. The fraction of sp³-hybridized carbons (Fsp3) is 0.619. The van der Waals surface area contributed by atoms with E-state index in [-0.39, 0.29) is 22.6 Å². The largest absolute Gasteiger partial charge is 0.340 e. The standard InChI is InChI=1S/C21H31N3O2S/c1-21(2,3)17-7-5-16(6-8-17)20-24(19(26)15-27-20)10-9-18(25)23-13-11-22(4)12-14-23/h5-8,20H,9-15H2,1-4H3. The van der Waals surface area contributed by atoms with Gasteiger partial charge in [-0.15, -0.1) is 11.8 Å². The Morgan fingerprint density at radius 1 is 1.11 bits per heavy atom. The van der Waals surface area contributed by atoms with E-state index in [0.717, 1.165) is 31.7 Å². The molecule has 0 radical (unpaired) electrons. The van der Waals surface area contributed by atoms with Gasteiger partial charge in [0.25, 0.3) is 0 Å². The first kappa shape index (κ1) is 20.2. The van der Waals surface area contributed by atoms with E-state index in [9.17, 15) is 9.59 Å². The summed E-state index contributed by atoms with van der Waals surface area (Å²) in [7, 11) is 2.08. The molecule has 1 unspecified atom stereocenters. The van der Waals surface area contributed by atoms with Gasteiger partial charge in [0.2, 0.25) is 11.8 Å². The highest BCUT2D eigenvalue weighted by Gasteiger charge is 2.33. The third kappa shape index (κ3) is 4.85. The van der Waals surface area contributed by atoms with Crippen molar-refractivity contribution in [2.45, 2.75) is 38.0 Å². The Hall–Kier alpha value is -1.53. The molecular formula is C21H31N3O2S. The fourth-order valence-corrected chi connectivity index (χ4v) is 4.77. The van der Waals surface area contributed by atoms with Crippen LogP contribution in [-0.2, 0) is 15.0 Å². The normalized spacial score (nSPS) is 21.8. The predicted octanol–water partition coefficient (Wildman–Crippen LogP) is 2.72. The van der Waals surface area contributed by atoms with Crippen molar-refractivity contribution in [1.29, 1.82) is 0 Å². The van der Waals surface area contributed by atoms with E-state index < -0.39 is 0 Å². The maximum atomic E-state index is 12.5. The topological polar surface area (TPSA) is 43.9 Å². The van der Waals surface area contributed by atoms with Gasteiger partial charge < -0.3 is 14.7 Å². The fourth-order valence-electron chi connectivity index (χ4n) is 3.55. The molecule has 0 aromatic heterocycles. The Labute approximate surface area is 167 Å². The number of rotatable bonds is 4. The molecule has 1 aromatic carbocycles. The van der Waals surface area contributed by atoms with Gasteiger partial charge in [-0.25, -0.2) is 0 Å². The molecule has 0 spiro atoms. The van der Waals surface area contributed by atoms with Crippen LogP contribution in [0.15, 0.2) is 24.3 Å². The van der Waals surface area contributed by atoms with Crippen LogP contribution >= 0.6 is 11.8 Å². The smallest absolute Gasteiger partial charge is 0.233 e. The monoisotopic (exact) mass is 389 g/mol. The molecule has 0 saturated carbocycles. The number of benzene rings is 1. The van der Waals surface area contributed by atoms with E-state index in [0.29, 0.717) is 18.7 Å². The first-order valence-electron chi connectivity index (χ1n) is 9.73.